The molecule has 6 rings (SSSR count). The molecule has 0 bridgehead atoms. The van der Waals surface area contributed by atoms with Gasteiger partial charge < -0.3 is 4.74 Å². The van der Waals surface area contributed by atoms with Crippen LogP contribution in [0.25, 0.3) is 5.57 Å². The molecule has 2 amide bonds. The number of nitrogens with zero attached hydrogens (tertiary/aromatic N) is 1. The van der Waals surface area contributed by atoms with Gasteiger partial charge in [-0.05, 0) is 47.9 Å². The van der Waals surface area contributed by atoms with Crippen molar-refractivity contribution < 1.29 is 19.1 Å². The number of rotatable bonds is 2. The zero-order chi connectivity index (χ0) is 23.6. The Morgan fingerprint density at radius 1 is 0.853 bits per heavy atom. The first-order valence-corrected chi connectivity index (χ1v) is 11.5. The predicted octanol–water partition coefficient (Wildman–Crippen LogP) is 5.17. The second-order valence-corrected chi connectivity index (χ2v) is 9.44. The number of halogens is 1. The van der Waals surface area contributed by atoms with E-state index in [1.165, 1.54) is 4.90 Å². The highest BCUT2D eigenvalue weighted by molar-refractivity contribution is 6.31. The molecule has 0 N–H and O–H groups in total. The molecule has 3 aromatic carbocycles. The lowest BCUT2D eigenvalue weighted by atomic mass is 9.64. The van der Waals surface area contributed by atoms with E-state index in [1.54, 1.807) is 24.3 Å². The van der Waals surface area contributed by atoms with Crippen LogP contribution in [0.2, 0.25) is 5.02 Å². The Kier molecular flexibility index (Phi) is 4.71. The minimum Gasteiger partial charge on any atom is -0.425 e. The van der Waals surface area contributed by atoms with E-state index < -0.39 is 29.6 Å². The molecule has 2 heterocycles. The summed E-state index contributed by atoms with van der Waals surface area (Å²) >= 11 is 6.17. The van der Waals surface area contributed by atoms with Crippen LogP contribution in [0.1, 0.15) is 22.6 Å². The maximum atomic E-state index is 13.8. The number of hydrogen-bond donors (Lipinski definition) is 0. The van der Waals surface area contributed by atoms with Crippen LogP contribution in [0.5, 0.6) is 5.75 Å². The Morgan fingerprint density at radius 2 is 1.62 bits per heavy atom. The number of benzene rings is 3. The zero-order valence-corrected chi connectivity index (χ0v) is 19.0. The smallest absolute Gasteiger partial charge is 0.319 e. The summed E-state index contributed by atoms with van der Waals surface area (Å²) in [5, 5.41) is 0.424. The minimum absolute atomic E-state index is 0.330. The first-order valence-electron chi connectivity index (χ1n) is 11.2. The standard InChI is InChI=1S/C28H20ClNO4/c1-15-10-11-19-21-14-20(16-6-3-2-4-7-16)23-25(24(21)28(33)34-22(19)12-15)27(32)30(26(23)31)18-9-5-8-17(29)13-18/h2-14,20,23-25H,1H3/t20-,23-,24-,25+/m1/s1. The third-order valence-electron chi connectivity index (χ3n) is 7.00. The van der Waals surface area contributed by atoms with Crippen molar-refractivity contribution in [2.24, 2.45) is 17.8 Å². The molecule has 2 aliphatic heterocycles. The highest BCUT2D eigenvalue weighted by atomic mass is 35.5. The average molecular weight is 470 g/mol. The van der Waals surface area contributed by atoms with Gasteiger partial charge in [0.1, 0.15) is 5.75 Å². The number of imide groups is 1. The van der Waals surface area contributed by atoms with Gasteiger partial charge in [0.25, 0.3) is 0 Å². The predicted molar refractivity (Wildman–Crippen MR) is 128 cm³/mol. The number of fused-ring (bicyclic) bond motifs is 5. The summed E-state index contributed by atoms with van der Waals surface area (Å²) in [6.45, 7) is 1.93. The van der Waals surface area contributed by atoms with Crippen molar-refractivity contribution in [3.63, 3.8) is 0 Å². The van der Waals surface area contributed by atoms with Crippen molar-refractivity contribution in [1.82, 2.24) is 0 Å². The molecule has 0 spiro atoms. The number of ether oxygens (including phenoxy) is 1. The molecule has 0 saturated carbocycles. The van der Waals surface area contributed by atoms with Crippen molar-refractivity contribution in [2.45, 2.75) is 12.8 Å². The summed E-state index contributed by atoms with van der Waals surface area (Å²) in [5.41, 5.74) is 3.83. The molecule has 6 heteroatoms. The number of aryl methyl sites for hydroxylation is 1. The van der Waals surface area contributed by atoms with Gasteiger partial charge in [0.15, 0.2) is 0 Å². The van der Waals surface area contributed by atoms with E-state index in [0.717, 1.165) is 22.3 Å². The topological polar surface area (TPSA) is 63.7 Å². The highest BCUT2D eigenvalue weighted by Gasteiger charge is 2.60. The Morgan fingerprint density at radius 3 is 2.38 bits per heavy atom. The molecule has 168 valence electrons. The summed E-state index contributed by atoms with van der Waals surface area (Å²) < 4.78 is 5.69. The molecule has 5 nitrogen and oxygen atoms in total. The van der Waals surface area contributed by atoms with Crippen molar-refractivity contribution in [3.05, 3.63) is 101 Å². The van der Waals surface area contributed by atoms with Gasteiger partial charge in [-0.3, -0.25) is 14.4 Å². The quantitative estimate of drug-likeness (QED) is 0.295. The molecular weight excluding hydrogens is 450 g/mol. The number of hydrogen-bond acceptors (Lipinski definition) is 4. The number of amides is 2. The maximum Gasteiger partial charge on any atom is 0.319 e. The second-order valence-electron chi connectivity index (χ2n) is 9.00. The molecular formula is C28H20ClNO4. The molecule has 0 unspecified atom stereocenters. The normalized spacial score (nSPS) is 25.3. The molecule has 3 aliphatic rings. The van der Waals surface area contributed by atoms with E-state index in [0.29, 0.717) is 16.5 Å². The van der Waals surface area contributed by atoms with E-state index >= 15 is 0 Å². The van der Waals surface area contributed by atoms with Gasteiger partial charge in [0.05, 0.1) is 23.4 Å². The van der Waals surface area contributed by atoms with Crippen LogP contribution in [0.15, 0.2) is 78.9 Å². The Balaban J connectivity index is 1.56. The summed E-state index contributed by atoms with van der Waals surface area (Å²) in [7, 11) is 0. The van der Waals surface area contributed by atoms with Crippen LogP contribution >= 0.6 is 11.6 Å². The van der Waals surface area contributed by atoms with Crippen LogP contribution in [-0.2, 0) is 14.4 Å². The molecule has 1 fully saturated rings. The Bertz CT molecular complexity index is 1400. The summed E-state index contributed by atoms with van der Waals surface area (Å²) in [5.74, 6) is -3.54. The molecule has 4 atom stereocenters. The fraction of sp³-hybridized carbons (Fsp3) is 0.179. The third kappa shape index (κ3) is 3.04. The number of carbonyl (C=O) groups is 3. The first-order chi connectivity index (χ1) is 16.4. The molecule has 1 aliphatic carbocycles. The third-order valence-corrected chi connectivity index (χ3v) is 7.24. The van der Waals surface area contributed by atoms with Crippen molar-refractivity contribution >= 4 is 40.6 Å². The second kappa shape index (κ2) is 7.67. The van der Waals surface area contributed by atoms with Gasteiger partial charge >= 0.3 is 5.97 Å². The van der Waals surface area contributed by atoms with E-state index in [1.807, 2.05) is 61.5 Å². The van der Waals surface area contributed by atoms with E-state index in [9.17, 15) is 14.4 Å². The monoisotopic (exact) mass is 469 g/mol. The SMILES string of the molecule is Cc1ccc2c(c1)OC(=O)[C@@H]1C2=C[C@H](c2ccccc2)[C@H]2C(=O)N(c3cccc(Cl)c3)C(=O)[C@H]12. The van der Waals surface area contributed by atoms with Crippen LogP contribution < -0.4 is 9.64 Å². The lowest BCUT2D eigenvalue weighted by Crippen LogP contribution is -2.42. The Labute approximate surface area is 201 Å². The van der Waals surface area contributed by atoms with Gasteiger partial charge in [-0.15, -0.1) is 0 Å². The molecule has 1 saturated heterocycles. The van der Waals surface area contributed by atoms with Crippen LogP contribution in [-0.4, -0.2) is 17.8 Å². The number of allylic oxidation sites excluding steroid dienone is 1. The summed E-state index contributed by atoms with van der Waals surface area (Å²) in [6, 6.07) is 22.0. The average Bonchev–Trinajstić information content (AvgIpc) is 3.09. The van der Waals surface area contributed by atoms with Crippen molar-refractivity contribution in [1.29, 1.82) is 0 Å². The van der Waals surface area contributed by atoms with Gasteiger partial charge in [-0.25, -0.2) is 4.90 Å². The molecule has 34 heavy (non-hydrogen) atoms. The molecule has 0 aromatic heterocycles. The Hall–Kier alpha value is -3.70. The first kappa shape index (κ1) is 20.9. The van der Waals surface area contributed by atoms with Crippen molar-refractivity contribution in [3.8, 4) is 5.75 Å². The van der Waals surface area contributed by atoms with Gasteiger partial charge in [-0.2, -0.15) is 0 Å². The lowest BCUT2D eigenvalue weighted by molar-refractivity contribution is -0.142. The highest BCUT2D eigenvalue weighted by Crippen LogP contribution is 2.54. The van der Waals surface area contributed by atoms with E-state index in [2.05, 4.69) is 0 Å². The fourth-order valence-corrected chi connectivity index (χ4v) is 5.72. The van der Waals surface area contributed by atoms with Gasteiger partial charge in [0, 0.05) is 16.5 Å². The fourth-order valence-electron chi connectivity index (χ4n) is 5.54. The molecule has 0 radical (unpaired) electrons. The maximum absolute atomic E-state index is 13.8. The number of anilines is 1. The summed E-state index contributed by atoms with van der Waals surface area (Å²) in [4.78, 5) is 42.1. The van der Waals surface area contributed by atoms with E-state index in [-0.39, 0.29) is 11.8 Å². The summed E-state index contributed by atoms with van der Waals surface area (Å²) in [6.07, 6.45) is 1.99. The zero-order valence-electron chi connectivity index (χ0n) is 18.3. The van der Waals surface area contributed by atoms with Gasteiger partial charge in [0.2, 0.25) is 11.8 Å². The van der Waals surface area contributed by atoms with Crippen molar-refractivity contribution in [2.75, 3.05) is 4.90 Å². The van der Waals surface area contributed by atoms with Crippen LogP contribution in [0.4, 0.5) is 5.69 Å². The lowest BCUT2D eigenvalue weighted by Gasteiger charge is -2.38. The van der Waals surface area contributed by atoms with Crippen LogP contribution in [0, 0.1) is 24.7 Å². The number of esters is 1. The largest absolute Gasteiger partial charge is 0.425 e. The van der Waals surface area contributed by atoms with Gasteiger partial charge in [-0.1, -0.05) is 66.2 Å². The number of carbonyl (C=O) groups excluding carboxylic acids is 3. The van der Waals surface area contributed by atoms with E-state index in [4.69, 9.17) is 16.3 Å². The minimum atomic E-state index is -0.862. The van der Waals surface area contributed by atoms with Crippen LogP contribution in [0.3, 0.4) is 0 Å². The molecule has 3 aromatic rings.